The topological polar surface area (TPSA) is 81.1 Å². The molecule has 0 aromatic carbocycles. The Balaban J connectivity index is 0.00000243. The second-order valence-corrected chi connectivity index (χ2v) is 8.03. The summed E-state index contributed by atoms with van der Waals surface area (Å²) in [6.07, 6.45) is 15.5. The summed E-state index contributed by atoms with van der Waals surface area (Å²) in [5.41, 5.74) is 6.04. The van der Waals surface area contributed by atoms with Crippen LogP contribution in [-0.4, -0.2) is 39.6 Å². The van der Waals surface area contributed by atoms with E-state index in [1.165, 1.54) is 57.8 Å². The van der Waals surface area contributed by atoms with Gasteiger partial charge in [0.2, 0.25) is 0 Å². The molecule has 0 bridgehead atoms. The highest BCUT2D eigenvalue weighted by atomic mass is 127. The van der Waals surface area contributed by atoms with Crippen LogP contribution in [0.4, 0.5) is 0 Å². The summed E-state index contributed by atoms with van der Waals surface area (Å²) in [5.74, 6) is 1.72. The SMILES string of the molecule is CSc1nnc(CCCN=C(N)NC2CCCCC2)n1C1CCCC1.I. The molecule has 2 saturated carbocycles. The first-order chi connectivity index (χ1) is 12.3. The lowest BCUT2D eigenvalue weighted by Gasteiger charge is -2.23. The number of guanidine groups is 1. The van der Waals surface area contributed by atoms with Gasteiger partial charge in [-0.05, 0) is 38.4 Å². The summed E-state index contributed by atoms with van der Waals surface area (Å²) < 4.78 is 2.38. The van der Waals surface area contributed by atoms with E-state index in [0.717, 1.165) is 30.4 Å². The van der Waals surface area contributed by atoms with Crippen molar-refractivity contribution in [3.05, 3.63) is 5.82 Å². The molecule has 1 heterocycles. The summed E-state index contributed by atoms with van der Waals surface area (Å²) in [4.78, 5) is 4.51. The molecule has 26 heavy (non-hydrogen) atoms. The maximum Gasteiger partial charge on any atom is 0.191 e. The van der Waals surface area contributed by atoms with Gasteiger partial charge < -0.3 is 15.6 Å². The molecule has 3 N–H and O–H groups in total. The molecule has 0 radical (unpaired) electrons. The van der Waals surface area contributed by atoms with Gasteiger partial charge >= 0.3 is 0 Å². The zero-order valence-corrected chi connectivity index (χ0v) is 19.0. The molecule has 3 rings (SSSR count). The highest BCUT2D eigenvalue weighted by molar-refractivity contribution is 14.0. The number of rotatable bonds is 7. The summed E-state index contributed by atoms with van der Waals surface area (Å²) in [6, 6.07) is 1.11. The summed E-state index contributed by atoms with van der Waals surface area (Å²) in [5, 5.41) is 13.2. The first-order valence-corrected chi connectivity index (χ1v) is 11.0. The summed E-state index contributed by atoms with van der Waals surface area (Å²) >= 11 is 1.70. The molecule has 2 fully saturated rings. The molecule has 148 valence electrons. The van der Waals surface area contributed by atoms with E-state index in [9.17, 15) is 0 Å². The number of aromatic nitrogens is 3. The molecule has 2 aliphatic carbocycles. The van der Waals surface area contributed by atoms with E-state index < -0.39 is 0 Å². The molecular formula is C18H33IN6S. The van der Waals surface area contributed by atoms with E-state index in [2.05, 4.69) is 31.3 Å². The van der Waals surface area contributed by atoms with E-state index in [1.54, 1.807) is 11.8 Å². The van der Waals surface area contributed by atoms with E-state index >= 15 is 0 Å². The number of nitrogens with zero attached hydrogens (tertiary/aromatic N) is 4. The lowest BCUT2D eigenvalue weighted by Crippen LogP contribution is -2.41. The van der Waals surface area contributed by atoms with Crippen molar-refractivity contribution >= 4 is 41.7 Å². The molecule has 6 nitrogen and oxygen atoms in total. The molecule has 0 unspecified atom stereocenters. The Morgan fingerprint density at radius 3 is 2.54 bits per heavy atom. The smallest absolute Gasteiger partial charge is 0.191 e. The molecular weight excluding hydrogens is 459 g/mol. The number of halogens is 1. The van der Waals surface area contributed by atoms with Crippen molar-refractivity contribution in [2.75, 3.05) is 12.8 Å². The van der Waals surface area contributed by atoms with Gasteiger partial charge in [0.1, 0.15) is 5.82 Å². The lowest BCUT2D eigenvalue weighted by molar-refractivity contribution is 0.412. The maximum atomic E-state index is 6.04. The second-order valence-electron chi connectivity index (χ2n) is 7.26. The van der Waals surface area contributed by atoms with Gasteiger partial charge in [0.15, 0.2) is 11.1 Å². The van der Waals surface area contributed by atoms with Crippen molar-refractivity contribution in [1.82, 2.24) is 20.1 Å². The third-order valence-electron chi connectivity index (χ3n) is 5.41. The zero-order valence-electron chi connectivity index (χ0n) is 15.8. The van der Waals surface area contributed by atoms with Gasteiger partial charge in [-0.3, -0.25) is 4.99 Å². The minimum absolute atomic E-state index is 0. The van der Waals surface area contributed by atoms with Crippen LogP contribution >= 0.6 is 35.7 Å². The Kier molecular flexibility index (Phi) is 9.52. The Hall–Kier alpha value is -0.510. The molecule has 8 heteroatoms. The number of thioether (sulfide) groups is 1. The molecule has 2 aliphatic rings. The molecule has 0 saturated heterocycles. The van der Waals surface area contributed by atoms with Crippen LogP contribution in [0.15, 0.2) is 10.1 Å². The minimum Gasteiger partial charge on any atom is -0.370 e. The van der Waals surface area contributed by atoms with Gasteiger partial charge in [-0.2, -0.15) is 0 Å². The number of hydrogen-bond acceptors (Lipinski definition) is 4. The van der Waals surface area contributed by atoms with E-state index in [1.807, 2.05) is 0 Å². The van der Waals surface area contributed by atoms with Gasteiger partial charge in [0.05, 0.1) is 0 Å². The highest BCUT2D eigenvalue weighted by Gasteiger charge is 2.23. The first kappa shape index (κ1) is 21.8. The molecule has 0 atom stereocenters. The van der Waals surface area contributed by atoms with Crippen molar-refractivity contribution in [3.8, 4) is 0 Å². The highest BCUT2D eigenvalue weighted by Crippen LogP contribution is 2.33. The number of aryl methyl sites for hydroxylation is 1. The van der Waals surface area contributed by atoms with Crippen molar-refractivity contribution in [1.29, 1.82) is 0 Å². The number of aliphatic imine (C=N–C) groups is 1. The predicted molar refractivity (Wildman–Crippen MR) is 120 cm³/mol. The van der Waals surface area contributed by atoms with Gasteiger partial charge in [-0.25, -0.2) is 0 Å². The van der Waals surface area contributed by atoms with Crippen LogP contribution < -0.4 is 11.1 Å². The molecule has 1 aromatic rings. The Morgan fingerprint density at radius 1 is 1.15 bits per heavy atom. The summed E-state index contributed by atoms with van der Waals surface area (Å²) in [6.45, 7) is 0.748. The van der Waals surface area contributed by atoms with Crippen molar-refractivity contribution in [2.45, 2.75) is 87.9 Å². The maximum absolute atomic E-state index is 6.04. The monoisotopic (exact) mass is 492 g/mol. The van der Waals surface area contributed by atoms with E-state index in [4.69, 9.17) is 5.73 Å². The van der Waals surface area contributed by atoms with Gasteiger partial charge in [-0.15, -0.1) is 34.2 Å². The van der Waals surface area contributed by atoms with Crippen LogP contribution in [0, 0.1) is 0 Å². The quantitative estimate of drug-likeness (QED) is 0.198. The molecule has 1 aromatic heterocycles. The van der Waals surface area contributed by atoms with Crippen molar-refractivity contribution < 1.29 is 0 Å². The zero-order chi connectivity index (χ0) is 17.5. The van der Waals surface area contributed by atoms with Gasteiger partial charge in [0, 0.05) is 25.0 Å². The minimum atomic E-state index is 0. The summed E-state index contributed by atoms with van der Waals surface area (Å²) in [7, 11) is 0. The fraction of sp³-hybridized carbons (Fsp3) is 0.833. The Bertz CT molecular complexity index is 564. The van der Waals surface area contributed by atoms with Gasteiger partial charge in [0.25, 0.3) is 0 Å². The van der Waals surface area contributed by atoms with Crippen LogP contribution in [0.25, 0.3) is 0 Å². The second kappa shape index (κ2) is 11.4. The van der Waals surface area contributed by atoms with Crippen LogP contribution in [0.2, 0.25) is 0 Å². The molecule has 0 spiro atoms. The van der Waals surface area contributed by atoms with E-state index in [-0.39, 0.29) is 24.0 Å². The van der Waals surface area contributed by atoms with Crippen molar-refractivity contribution in [2.24, 2.45) is 10.7 Å². The lowest BCUT2D eigenvalue weighted by atomic mass is 9.96. The Morgan fingerprint density at radius 2 is 1.85 bits per heavy atom. The number of nitrogens with one attached hydrogen (secondary N) is 1. The van der Waals surface area contributed by atoms with Gasteiger partial charge in [-0.1, -0.05) is 43.9 Å². The standard InChI is InChI=1S/C18H32N6S.HI/c1-25-18-23-22-16(24(18)15-10-5-6-11-15)12-7-13-20-17(19)21-14-8-3-2-4-9-14;/h14-15H,2-13H2,1H3,(H3,19,20,21);1H. The largest absolute Gasteiger partial charge is 0.370 e. The first-order valence-electron chi connectivity index (χ1n) is 9.82. The fourth-order valence-corrected chi connectivity index (χ4v) is 4.66. The normalized spacial score (nSPS) is 19.5. The predicted octanol–water partition coefficient (Wildman–Crippen LogP) is 3.90. The fourth-order valence-electron chi connectivity index (χ4n) is 4.08. The van der Waals surface area contributed by atoms with Crippen LogP contribution in [0.3, 0.4) is 0 Å². The third kappa shape index (κ3) is 6.00. The number of hydrogen-bond donors (Lipinski definition) is 2. The van der Waals surface area contributed by atoms with E-state index in [0.29, 0.717) is 18.0 Å². The average Bonchev–Trinajstić information content (AvgIpc) is 3.28. The van der Waals surface area contributed by atoms with Crippen molar-refractivity contribution in [3.63, 3.8) is 0 Å². The van der Waals surface area contributed by atoms with Crippen LogP contribution in [0.5, 0.6) is 0 Å². The third-order valence-corrected chi connectivity index (χ3v) is 6.05. The Labute approximate surface area is 178 Å². The molecule has 0 amide bonds. The average molecular weight is 492 g/mol. The van der Waals surface area contributed by atoms with Crippen LogP contribution in [-0.2, 0) is 6.42 Å². The number of nitrogens with two attached hydrogens (primary N) is 1. The molecule has 0 aliphatic heterocycles. The van der Waals surface area contributed by atoms with Crippen LogP contribution in [0.1, 0.15) is 76.1 Å².